The van der Waals surface area contributed by atoms with E-state index in [9.17, 15) is 4.79 Å². The molecule has 1 amide bonds. The van der Waals surface area contributed by atoms with Crippen LogP contribution in [0.4, 0.5) is 11.5 Å². The Bertz CT molecular complexity index is 751. The Morgan fingerprint density at radius 3 is 2.46 bits per heavy atom. The number of aromatic nitrogens is 2. The van der Waals surface area contributed by atoms with Crippen LogP contribution < -0.4 is 20.1 Å². The highest BCUT2D eigenvalue weighted by Crippen LogP contribution is 2.36. The van der Waals surface area contributed by atoms with Gasteiger partial charge >= 0.3 is 0 Å². The maximum absolute atomic E-state index is 12.4. The molecule has 140 valence electrons. The quantitative estimate of drug-likeness (QED) is 0.725. The van der Waals surface area contributed by atoms with E-state index < -0.39 is 5.91 Å². The summed E-state index contributed by atoms with van der Waals surface area (Å²) in [5.41, 5.74) is 0.620. The first-order chi connectivity index (χ1) is 12.4. The molecular weight excluding hydrogens is 356 g/mol. The summed E-state index contributed by atoms with van der Waals surface area (Å²) in [4.78, 5) is 20.8. The van der Waals surface area contributed by atoms with E-state index in [2.05, 4.69) is 34.4 Å². The lowest BCUT2D eigenvalue weighted by Gasteiger charge is -2.13. The zero-order valence-electron chi connectivity index (χ0n) is 15.3. The van der Waals surface area contributed by atoms with Crippen LogP contribution in [0.25, 0.3) is 0 Å². The van der Waals surface area contributed by atoms with Crippen LogP contribution in [0.1, 0.15) is 30.8 Å². The molecule has 0 atom stereocenters. The highest BCUT2D eigenvalue weighted by atomic mass is 35.5. The molecule has 8 heteroatoms. The first-order valence-electron chi connectivity index (χ1n) is 8.23. The van der Waals surface area contributed by atoms with Crippen molar-refractivity contribution >= 4 is 29.0 Å². The standard InChI is InChI=1S/C18H23ClN4O3/c1-11(2)5-6-20-17-10-21-14(9-22-17)18(24)23-13-8-15(25-3)12(19)7-16(13)26-4/h7-11H,5-6H2,1-4H3,(H,20,22)(H,23,24). The second-order valence-electron chi connectivity index (χ2n) is 6.04. The average molecular weight is 379 g/mol. The zero-order valence-corrected chi connectivity index (χ0v) is 16.1. The van der Waals surface area contributed by atoms with Crippen molar-refractivity contribution in [1.82, 2.24) is 9.97 Å². The molecule has 0 unspecified atom stereocenters. The van der Waals surface area contributed by atoms with Gasteiger partial charge in [0.05, 0.1) is 37.3 Å². The molecular formula is C18H23ClN4O3. The lowest BCUT2D eigenvalue weighted by atomic mass is 10.1. The molecule has 0 spiro atoms. The molecule has 0 saturated carbocycles. The Hall–Kier alpha value is -2.54. The molecule has 0 aliphatic rings. The zero-order chi connectivity index (χ0) is 19.1. The number of amides is 1. The van der Waals surface area contributed by atoms with Crippen molar-refractivity contribution in [3.8, 4) is 11.5 Å². The van der Waals surface area contributed by atoms with E-state index in [0.717, 1.165) is 13.0 Å². The Morgan fingerprint density at radius 2 is 1.88 bits per heavy atom. The van der Waals surface area contributed by atoms with Crippen LogP contribution in [0.3, 0.4) is 0 Å². The summed E-state index contributed by atoms with van der Waals surface area (Å²) in [6, 6.07) is 3.16. The lowest BCUT2D eigenvalue weighted by molar-refractivity contribution is 0.102. The van der Waals surface area contributed by atoms with Gasteiger partial charge in [0.2, 0.25) is 0 Å². The fourth-order valence-corrected chi connectivity index (χ4v) is 2.40. The van der Waals surface area contributed by atoms with Gasteiger partial charge in [-0.3, -0.25) is 4.79 Å². The summed E-state index contributed by atoms with van der Waals surface area (Å²) in [5, 5.41) is 6.29. The van der Waals surface area contributed by atoms with Crippen molar-refractivity contribution in [2.45, 2.75) is 20.3 Å². The van der Waals surface area contributed by atoms with E-state index in [1.807, 2.05) is 0 Å². The molecule has 0 bridgehead atoms. The van der Waals surface area contributed by atoms with Crippen molar-refractivity contribution in [3.63, 3.8) is 0 Å². The summed E-state index contributed by atoms with van der Waals surface area (Å²) in [6.45, 7) is 5.11. The van der Waals surface area contributed by atoms with E-state index >= 15 is 0 Å². The second-order valence-corrected chi connectivity index (χ2v) is 6.44. The summed E-state index contributed by atoms with van der Waals surface area (Å²) in [6.07, 6.45) is 3.99. The van der Waals surface area contributed by atoms with E-state index in [-0.39, 0.29) is 5.69 Å². The van der Waals surface area contributed by atoms with Crippen LogP contribution in [-0.2, 0) is 0 Å². The number of methoxy groups -OCH3 is 2. The van der Waals surface area contributed by atoms with E-state index in [1.165, 1.54) is 26.6 Å². The summed E-state index contributed by atoms with van der Waals surface area (Å²) < 4.78 is 10.4. The highest BCUT2D eigenvalue weighted by Gasteiger charge is 2.15. The lowest BCUT2D eigenvalue weighted by Crippen LogP contribution is -2.15. The third-order valence-corrected chi connectivity index (χ3v) is 3.93. The van der Waals surface area contributed by atoms with Crippen molar-refractivity contribution in [1.29, 1.82) is 0 Å². The monoisotopic (exact) mass is 378 g/mol. The van der Waals surface area contributed by atoms with Gasteiger partial charge < -0.3 is 20.1 Å². The van der Waals surface area contributed by atoms with Gasteiger partial charge in [-0.25, -0.2) is 9.97 Å². The minimum Gasteiger partial charge on any atom is -0.495 e. The minimum atomic E-state index is -0.408. The number of carbonyl (C=O) groups excluding carboxylic acids is 1. The van der Waals surface area contributed by atoms with E-state index in [0.29, 0.717) is 33.9 Å². The number of benzene rings is 1. The summed E-state index contributed by atoms with van der Waals surface area (Å²) in [5.74, 6) is 1.68. The number of anilines is 2. The molecule has 7 nitrogen and oxygen atoms in total. The van der Waals surface area contributed by atoms with Gasteiger partial charge in [-0.1, -0.05) is 25.4 Å². The molecule has 1 aromatic heterocycles. The van der Waals surface area contributed by atoms with Crippen molar-refractivity contribution < 1.29 is 14.3 Å². The van der Waals surface area contributed by atoms with Crippen molar-refractivity contribution in [2.75, 3.05) is 31.4 Å². The van der Waals surface area contributed by atoms with Gasteiger partial charge in [0.25, 0.3) is 5.91 Å². The molecule has 0 radical (unpaired) electrons. The Morgan fingerprint density at radius 1 is 1.15 bits per heavy atom. The van der Waals surface area contributed by atoms with Crippen molar-refractivity contribution in [2.24, 2.45) is 5.92 Å². The molecule has 2 aromatic rings. The number of halogens is 1. The molecule has 1 heterocycles. The van der Waals surface area contributed by atoms with Gasteiger partial charge in [0.1, 0.15) is 23.0 Å². The van der Waals surface area contributed by atoms with E-state index in [4.69, 9.17) is 21.1 Å². The Labute approximate surface area is 158 Å². The number of nitrogens with one attached hydrogen (secondary N) is 2. The second kappa shape index (κ2) is 9.24. The molecule has 0 saturated heterocycles. The highest BCUT2D eigenvalue weighted by molar-refractivity contribution is 6.32. The van der Waals surface area contributed by atoms with Crippen LogP contribution in [0.15, 0.2) is 24.5 Å². The SMILES string of the molecule is COc1cc(NC(=O)c2cnc(NCCC(C)C)cn2)c(OC)cc1Cl. The van der Waals surface area contributed by atoms with Gasteiger partial charge in [-0.2, -0.15) is 0 Å². The summed E-state index contributed by atoms with van der Waals surface area (Å²) in [7, 11) is 2.99. The smallest absolute Gasteiger partial charge is 0.275 e. The van der Waals surface area contributed by atoms with Gasteiger partial charge in [0, 0.05) is 18.7 Å². The van der Waals surface area contributed by atoms with Crippen molar-refractivity contribution in [3.05, 3.63) is 35.2 Å². The van der Waals surface area contributed by atoms with Crippen LogP contribution in [0, 0.1) is 5.92 Å². The number of carbonyl (C=O) groups is 1. The van der Waals surface area contributed by atoms with Gasteiger partial charge in [-0.05, 0) is 12.3 Å². The molecule has 1 aromatic carbocycles. The van der Waals surface area contributed by atoms with Crippen LogP contribution in [-0.4, -0.2) is 36.6 Å². The van der Waals surface area contributed by atoms with Gasteiger partial charge in [0.15, 0.2) is 0 Å². The summed E-state index contributed by atoms with van der Waals surface area (Å²) >= 11 is 6.07. The molecule has 2 rings (SSSR count). The molecule has 0 aliphatic heterocycles. The molecule has 2 N–H and O–H groups in total. The normalized spacial score (nSPS) is 10.5. The first kappa shape index (κ1) is 19.8. The maximum atomic E-state index is 12.4. The topological polar surface area (TPSA) is 85.4 Å². The van der Waals surface area contributed by atoms with Crippen LogP contribution >= 0.6 is 11.6 Å². The number of rotatable bonds is 8. The van der Waals surface area contributed by atoms with Crippen LogP contribution in [0.2, 0.25) is 5.02 Å². The number of hydrogen-bond donors (Lipinski definition) is 2. The number of hydrogen-bond acceptors (Lipinski definition) is 6. The third-order valence-electron chi connectivity index (χ3n) is 3.63. The number of ether oxygens (including phenoxy) is 2. The Kier molecular flexibility index (Phi) is 7.03. The average Bonchev–Trinajstić information content (AvgIpc) is 2.63. The van der Waals surface area contributed by atoms with Crippen LogP contribution in [0.5, 0.6) is 11.5 Å². The fraction of sp³-hybridized carbons (Fsp3) is 0.389. The predicted octanol–water partition coefficient (Wildman–Crippen LogP) is 3.86. The number of nitrogens with zero attached hydrogens (tertiary/aromatic N) is 2. The first-order valence-corrected chi connectivity index (χ1v) is 8.61. The molecule has 0 fully saturated rings. The predicted molar refractivity (Wildman–Crippen MR) is 102 cm³/mol. The fourth-order valence-electron chi connectivity index (χ4n) is 2.17. The minimum absolute atomic E-state index is 0.190. The Balaban J connectivity index is 2.08. The molecule has 0 aliphatic carbocycles. The molecule has 26 heavy (non-hydrogen) atoms. The third kappa shape index (κ3) is 5.23. The van der Waals surface area contributed by atoms with Gasteiger partial charge in [-0.15, -0.1) is 0 Å². The van der Waals surface area contributed by atoms with E-state index in [1.54, 1.807) is 12.1 Å². The maximum Gasteiger partial charge on any atom is 0.275 e. The largest absolute Gasteiger partial charge is 0.495 e.